The highest BCUT2D eigenvalue weighted by molar-refractivity contribution is 6.20. The van der Waals surface area contributed by atoms with Gasteiger partial charge in [-0.25, -0.2) is 9.79 Å². The molecule has 0 fully saturated rings. The van der Waals surface area contributed by atoms with Crippen LogP contribution in [0.4, 0.5) is 0 Å². The third-order valence-corrected chi connectivity index (χ3v) is 5.20. The number of esters is 1. The van der Waals surface area contributed by atoms with Crippen LogP contribution in [0.1, 0.15) is 27.0 Å². The molecule has 4 rings (SSSR count). The minimum absolute atomic E-state index is 0.0992. The molecule has 1 aliphatic heterocycles. The highest BCUT2D eigenvalue weighted by Gasteiger charge is 2.33. The van der Waals surface area contributed by atoms with Gasteiger partial charge >= 0.3 is 5.97 Å². The Hall–Kier alpha value is -4.72. The molecule has 0 atom stereocenters. The number of carbonyl (C=O) groups excluding carboxylic acids is 3. The van der Waals surface area contributed by atoms with Crippen LogP contribution in [0.2, 0.25) is 0 Å². The molecule has 8 nitrogen and oxygen atoms in total. The average Bonchev–Trinajstić information content (AvgIpc) is 3.18. The van der Waals surface area contributed by atoms with Crippen LogP contribution in [0.5, 0.6) is 5.75 Å². The maximum absolute atomic E-state index is 13.4. The first-order chi connectivity index (χ1) is 17.0. The van der Waals surface area contributed by atoms with E-state index >= 15 is 0 Å². The maximum atomic E-state index is 13.4. The number of amidine groups is 1. The van der Waals surface area contributed by atoms with Gasteiger partial charge in [0, 0.05) is 16.7 Å². The molecule has 176 valence electrons. The molecule has 0 aromatic heterocycles. The molecule has 0 radical (unpaired) electrons. The minimum atomic E-state index is -0.529. The number of hydrazine groups is 1. The van der Waals surface area contributed by atoms with Crippen molar-refractivity contribution < 1.29 is 23.9 Å². The number of hydrogen-bond acceptors (Lipinski definition) is 6. The lowest BCUT2D eigenvalue weighted by atomic mass is 10.1. The highest BCUT2D eigenvalue weighted by Crippen LogP contribution is 2.25. The number of hydrogen-bond donors (Lipinski definition) is 1. The normalized spacial score (nSPS) is 14.0. The number of aryl methyl sites for hydroxylation is 1. The molecule has 0 unspecified atom stereocenters. The van der Waals surface area contributed by atoms with Crippen molar-refractivity contribution in [1.82, 2.24) is 10.4 Å². The number of amides is 2. The summed E-state index contributed by atoms with van der Waals surface area (Å²) in [5.41, 5.74) is 5.40. The second-order valence-electron chi connectivity index (χ2n) is 7.68. The smallest absolute Gasteiger partial charge is 0.343 e. The lowest BCUT2D eigenvalue weighted by molar-refractivity contribution is -0.142. The molecule has 0 bridgehead atoms. The second kappa shape index (κ2) is 10.5. The number of ether oxygens (including phenoxy) is 2. The number of nitrogens with zero attached hydrogens (tertiary/aromatic N) is 2. The summed E-state index contributed by atoms with van der Waals surface area (Å²) in [5.74, 6) is -0.803. The van der Waals surface area contributed by atoms with E-state index in [1.165, 1.54) is 7.11 Å². The Labute approximate surface area is 202 Å². The molecule has 8 heteroatoms. The molecular weight excluding hydrogens is 446 g/mol. The van der Waals surface area contributed by atoms with Crippen molar-refractivity contribution >= 4 is 29.7 Å². The average molecular weight is 469 g/mol. The predicted molar refractivity (Wildman–Crippen MR) is 130 cm³/mol. The second-order valence-corrected chi connectivity index (χ2v) is 7.68. The number of para-hydroxylation sites is 1. The zero-order valence-electron chi connectivity index (χ0n) is 19.2. The lowest BCUT2D eigenvalue weighted by Crippen LogP contribution is -2.47. The summed E-state index contributed by atoms with van der Waals surface area (Å²) in [4.78, 5) is 42.2. The third-order valence-electron chi connectivity index (χ3n) is 5.20. The van der Waals surface area contributed by atoms with Gasteiger partial charge in [0.1, 0.15) is 11.4 Å². The molecule has 0 spiro atoms. The topological polar surface area (TPSA) is 97.3 Å². The molecule has 0 saturated carbocycles. The van der Waals surface area contributed by atoms with E-state index in [2.05, 4.69) is 15.2 Å². The number of rotatable bonds is 7. The Bertz CT molecular complexity index is 1310. The number of benzene rings is 3. The minimum Gasteiger partial charge on any atom is -0.481 e. The van der Waals surface area contributed by atoms with E-state index in [-0.39, 0.29) is 18.1 Å². The number of methoxy groups -OCH3 is 1. The Kier molecular flexibility index (Phi) is 7.02. The van der Waals surface area contributed by atoms with Gasteiger partial charge in [0.25, 0.3) is 11.8 Å². The lowest BCUT2D eigenvalue weighted by Gasteiger charge is -2.19. The van der Waals surface area contributed by atoms with Gasteiger partial charge in [-0.3, -0.25) is 15.0 Å². The standard InChI is InChI=1S/C27H23N3O5/c1-18-12-14-20(15-13-18)26(32)29-30-25(19-8-4-3-5-9-19)28-22(27(30)33)16-21-10-6-7-11-23(21)35-17-24(31)34-2/h3-16H,17H2,1-2H3,(H,29,32)/b22-16+. The summed E-state index contributed by atoms with van der Waals surface area (Å²) in [6, 6.07) is 23.0. The molecule has 2 amide bonds. The van der Waals surface area contributed by atoms with Crippen LogP contribution in [0, 0.1) is 6.92 Å². The van der Waals surface area contributed by atoms with Gasteiger partial charge < -0.3 is 9.47 Å². The van der Waals surface area contributed by atoms with Crippen LogP contribution in [-0.4, -0.2) is 42.3 Å². The molecule has 3 aromatic carbocycles. The molecule has 0 saturated heterocycles. The Balaban J connectivity index is 1.67. The van der Waals surface area contributed by atoms with Gasteiger partial charge in [-0.1, -0.05) is 66.2 Å². The van der Waals surface area contributed by atoms with E-state index < -0.39 is 17.8 Å². The first-order valence-electron chi connectivity index (χ1n) is 10.8. The van der Waals surface area contributed by atoms with Gasteiger partial charge in [-0.15, -0.1) is 0 Å². The summed E-state index contributed by atoms with van der Waals surface area (Å²) in [5, 5.41) is 1.14. The zero-order valence-corrected chi connectivity index (χ0v) is 19.2. The monoisotopic (exact) mass is 469 g/mol. The molecule has 0 aliphatic carbocycles. The van der Waals surface area contributed by atoms with Gasteiger partial charge in [0.05, 0.1) is 7.11 Å². The molecule has 1 aliphatic rings. The van der Waals surface area contributed by atoms with Gasteiger partial charge in [0.2, 0.25) is 0 Å². The van der Waals surface area contributed by atoms with Gasteiger partial charge in [-0.05, 0) is 31.2 Å². The predicted octanol–water partition coefficient (Wildman–Crippen LogP) is 3.52. The van der Waals surface area contributed by atoms with Crippen LogP contribution in [0.3, 0.4) is 0 Å². The van der Waals surface area contributed by atoms with Crippen LogP contribution in [0.15, 0.2) is 89.6 Å². The van der Waals surface area contributed by atoms with Crippen molar-refractivity contribution in [2.45, 2.75) is 6.92 Å². The van der Waals surface area contributed by atoms with E-state index in [4.69, 9.17) is 4.74 Å². The van der Waals surface area contributed by atoms with E-state index in [0.29, 0.717) is 22.4 Å². The van der Waals surface area contributed by atoms with Crippen LogP contribution >= 0.6 is 0 Å². The van der Waals surface area contributed by atoms with Crippen molar-refractivity contribution in [3.05, 3.63) is 107 Å². The van der Waals surface area contributed by atoms with Gasteiger partial charge in [-0.2, -0.15) is 5.01 Å². The largest absolute Gasteiger partial charge is 0.481 e. The Morgan fingerprint density at radius 2 is 1.66 bits per heavy atom. The highest BCUT2D eigenvalue weighted by atomic mass is 16.6. The quantitative estimate of drug-likeness (QED) is 0.422. The molecule has 35 heavy (non-hydrogen) atoms. The number of carbonyl (C=O) groups is 3. The first kappa shape index (κ1) is 23.4. The fraction of sp³-hybridized carbons (Fsp3) is 0.111. The summed E-state index contributed by atoms with van der Waals surface area (Å²) < 4.78 is 10.2. The fourth-order valence-electron chi connectivity index (χ4n) is 3.35. The zero-order chi connectivity index (χ0) is 24.8. The van der Waals surface area contributed by atoms with E-state index in [1.807, 2.05) is 37.3 Å². The molecule has 1 N–H and O–H groups in total. The third kappa shape index (κ3) is 5.44. The van der Waals surface area contributed by atoms with E-state index in [1.54, 1.807) is 54.6 Å². The van der Waals surface area contributed by atoms with E-state index in [9.17, 15) is 14.4 Å². The maximum Gasteiger partial charge on any atom is 0.343 e. The van der Waals surface area contributed by atoms with Crippen LogP contribution < -0.4 is 10.2 Å². The summed E-state index contributed by atoms with van der Waals surface area (Å²) in [6.07, 6.45) is 1.55. The summed E-state index contributed by atoms with van der Waals surface area (Å²) in [6.45, 7) is 1.65. The van der Waals surface area contributed by atoms with Crippen molar-refractivity contribution in [2.75, 3.05) is 13.7 Å². The van der Waals surface area contributed by atoms with Crippen molar-refractivity contribution in [2.24, 2.45) is 4.99 Å². The first-order valence-corrected chi connectivity index (χ1v) is 10.8. The Morgan fingerprint density at radius 1 is 0.971 bits per heavy atom. The van der Waals surface area contributed by atoms with Crippen molar-refractivity contribution in [3.8, 4) is 5.75 Å². The molecule has 1 heterocycles. The SMILES string of the molecule is COC(=O)COc1ccccc1/C=C1/N=C(c2ccccc2)N(NC(=O)c2ccc(C)cc2)C1=O. The van der Waals surface area contributed by atoms with Crippen molar-refractivity contribution in [3.63, 3.8) is 0 Å². The van der Waals surface area contributed by atoms with Crippen molar-refractivity contribution in [1.29, 1.82) is 0 Å². The fourth-order valence-corrected chi connectivity index (χ4v) is 3.35. The summed E-state index contributed by atoms with van der Waals surface area (Å²) >= 11 is 0. The molecular formula is C27H23N3O5. The van der Waals surface area contributed by atoms with E-state index in [0.717, 1.165) is 10.6 Å². The van der Waals surface area contributed by atoms with Crippen LogP contribution in [-0.2, 0) is 14.3 Å². The molecule has 3 aromatic rings. The van der Waals surface area contributed by atoms with Crippen LogP contribution in [0.25, 0.3) is 6.08 Å². The number of nitrogens with one attached hydrogen (secondary N) is 1. The Morgan fingerprint density at radius 3 is 2.37 bits per heavy atom. The summed E-state index contributed by atoms with van der Waals surface area (Å²) in [7, 11) is 1.27. The number of aliphatic imine (C=N–C) groups is 1. The van der Waals surface area contributed by atoms with Gasteiger partial charge in [0.15, 0.2) is 12.4 Å².